The summed E-state index contributed by atoms with van der Waals surface area (Å²) in [6, 6.07) is 5.24. The number of carboxylic acids is 1. The SMILES string of the molecule is CC(Cc1ccc2c(c1)S(=O)(=O)CC2)C(=O)O. The summed E-state index contributed by atoms with van der Waals surface area (Å²) in [5.74, 6) is -1.20. The van der Waals surface area contributed by atoms with Crippen molar-refractivity contribution in [1.82, 2.24) is 0 Å². The van der Waals surface area contributed by atoms with E-state index in [0.717, 1.165) is 11.1 Å². The minimum atomic E-state index is -3.13. The number of aryl methyl sites for hydroxylation is 1. The van der Waals surface area contributed by atoms with Crippen molar-refractivity contribution in [2.45, 2.75) is 24.7 Å². The zero-order valence-electron chi connectivity index (χ0n) is 9.51. The van der Waals surface area contributed by atoms with Gasteiger partial charge >= 0.3 is 5.97 Å². The Hall–Kier alpha value is -1.36. The van der Waals surface area contributed by atoms with E-state index < -0.39 is 21.7 Å². The summed E-state index contributed by atoms with van der Waals surface area (Å²) in [6.45, 7) is 1.62. The lowest BCUT2D eigenvalue weighted by molar-refractivity contribution is -0.141. The van der Waals surface area contributed by atoms with Gasteiger partial charge in [0.1, 0.15) is 0 Å². The Balaban J connectivity index is 2.32. The van der Waals surface area contributed by atoms with Gasteiger partial charge in [-0.1, -0.05) is 19.1 Å². The van der Waals surface area contributed by atoms with Crippen LogP contribution in [0.5, 0.6) is 0 Å². The molecular weight excluding hydrogens is 240 g/mol. The summed E-state index contributed by atoms with van der Waals surface area (Å²) in [6.07, 6.45) is 0.921. The Bertz CT molecular complexity index is 560. The largest absolute Gasteiger partial charge is 0.481 e. The Morgan fingerprint density at radius 2 is 2.18 bits per heavy atom. The number of carbonyl (C=O) groups is 1. The normalized spacial score (nSPS) is 18.6. The van der Waals surface area contributed by atoms with E-state index in [1.54, 1.807) is 19.1 Å². The summed E-state index contributed by atoms with van der Waals surface area (Å²) >= 11 is 0. The summed E-state index contributed by atoms with van der Waals surface area (Å²) in [5.41, 5.74) is 1.61. The molecule has 0 bridgehead atoms. The highest BCUT2D eigenvalue weighted by atomic mass is 32.2. The van der Waals surface area contributed by atoms with Gasteiger partial charge in [-0.15, -0.1) is 0 Å². The summed E-state index contributed by atoms with van der Waals surface area (Å²) in [5, 5.41) is 8.82. The highest BCUT2D eigenvalue weighted by Crippen LogP contribution is 2.27. The first kappa shape index (κ1) is 12.1. The number of rotatable bonds is 3. The van der Waals surface area contributed by atoms with Gasteiger partial charge in [-0.2, -0.15) is 0 Å². The molecule has 4 nitrogen and oxygen atoms in total. The fourth-order valence-electron chi connectivity index (χ4n) is 2.02. The number of aliphatic carboxylic acids is 1. The van der Waals surface area contributed by atoms with Crippen LogP contribution in [0.2, 0.25) is 0 Å². The van der Waals surface area contributed by atoms with Gasteiger partial charge in [0.15, 0.2) is 9.84 Å². The molecule has 0 aromatic heterocycles. The molecule has 5 heteroatoms. The molecule has 1 aromatic carbocycles. The van der Waals surface area contributed by atoms with Gasteiger partial charge in [-0.05, 0) is 30.0 Å². The maximum Gasteiger partial charge on any atom is 0.306 e. The second-order valence-corrected chi connectivity index (χ2v) is 6.53. The number of fused-ring (bicyclic) bond motifs is 1. The predicted molar refractivity (Wildman–Crippen MR) is 62.7 cm³/mol. The fourth-order valence-corrected chi connectivity index (χ4v) is 3.63. The Kier molecular flexibility index (Phi) is 2.95. The Morgan fingerprint density at radius 3 is 2.82 bits per heavy atom. The molecule has 1 aliphatic heterocycles. The van der Waals surface area contributed by atoms with Crippen LogP contribution >= 0.6 is 0 Å². The molecule has 1 aromatic rings. The van der Waals surface area contributed by atoms with Crippen LogP contribution in [0.25, 0.3) is 0 Å². The van der Waals surface area contributed by atoms with E-state index in [2.05, 4.69) is 0 Å². The zero-order valence-corrected chi connectivity index (χ0v) is 10.3. The minimum absolute atomic E-state index is 0.167. The number of hydrogen-bond donors (Lipinski definition) is 1. The Morgan fingerprint density at radius 1 is 1.47 bits per heavy atom. The van der Waals surface area contributed by atoms with Crippen molar-refractivity contribution < 1.29 is 18.3 Å². The number of sulfone groups is 1. The van der Waals surface area contributed by atoms with Crippen molar-refractivity contribution in [1.29, 1.82) is 0 Å². The van der Waals surface area contributed by atoms with Crippen LogP contribution in [0.15, 0.2) is 23.1 Å². The third-order valence-electron chi connectivity index (χ3n) is 3.07. The molecule has 0 amide bonds. The molecule has 0 fully saturated rings. The quantitative estimate of drug-likeness (QED) is 0.882. The third-order valence-corrected chi connectivity index (χ3v) is 4.86. The van der Waals surface area contributed by atoms with Crippen LogP contribution in [0.3, 0.4) is 0 Å². The zero-order chi connectivity index (χ0) is 12.6. The van der Waals surface area contributed by atoms with Gasteiger partial charge in [0.05, 0.1) is 16.6 Å². The highest BCUT2D eigenvalue weighted by molar-refractivity contribution is 7.91. The smallest absolute Gasteiger partial charge is 0.306 e. The van der Waals surface area contributed by atoms with E-state index in [4.69, 9.17) is 5.11 Å². The van der Waals surface area contributed by atoms with Crippen molar-refractivity contribution in [3.8, 4) is 0 Å². The Labute approximate surface area is 100 Å². The lowest BCUT2D eigenvalue weighted by atomic mass is 10.00. The van der Waals surface area contributed by atoms with Crippen LogP contribution in [-0.4, -0.2) is 25.2 Å². The van der Waals surface area contributed by atoms with Crippen LogP contribution in [-0.2, 0) is 27.5 Å². The standard InChI is InChI=1S/C12H14O4S/c1-8(12(13)14)6-9-2-3-10-4-5-17(15,16)11(10)7-9/h2-3,7-8H,4-6H2,1H3,(H,13,14). The first-order valence-corrected chi connectivity index (χ1v) is 7.13. The molecule has 1 unspecified atom stereocenters. The molecular formula is C12H14O4S. The summed E-state index contributed by atoms with van der Waals surface area (Å²) in [7, 11) is -3.13. The van der Waals surface area contributed by atoms with Gasteiger partial charge in [-0.3, -0.25) is 4.79 Å². The number of carboxylic acid groups (broad SMARTS) is 1. The molecule has 0 saturated heterocycles. The van der Waals surface area contributed by atoms with E-state index in [-0.39, 0.29) is 5.75 Å². The predicted octanol–water partition coefficient (Wildman–Crippen LogP) is 1.28. The van der Waals surface area contributed by atoms with E-state index in [9.17, 15) is 13.2 Å². The highest BCUT2D eigenvalue weighted by Gasteiger charge is 2.26. The van der Waals surface area contributed by atoms with Crippen LogP contribution in [0, 0.1) is 5.92 Å². The molecule has 1 atom stereocenters. The molecule has 0 radical (unpaired) electrons. The van der Waals surface area contributed by atoms with Gasteiger partial charge in [0.2, 0.25) is 0 Å². The minimum Gasteiger partial charge on any atom is -0.481 e. The second kappa shape index (κ2) is 4.14. The molecule has 2 rings (SSSR count). The van der Waals surface area contributed by atoms with E-state index >= 15 is 0 Å². The van der Waals surface area contributed by atoms with Gasteiger partial charge in [-0.25, -0.2) is 8.42 Å². The van der Waals surface area contributed by atoms with Gasteiger partial charge in [0.25, 0.3) is 0 Å². The van der Waals surface area contributed by atoms with Crippen LogP contribution < -0.4 is 0 Å². The first-order valence-electron chi connectivity index (χ1n) is 5.47. The van der Waals surface area contributed by atoms with Crippen molar-refractivity contribution in [3.63, 3.8) is 0 Å². The topological polar surface area (TPSA) is 71.4 Å². The fraction of sp³-hybridized carbons (Fsp3) is 0.417. The molecule has 1 aliphatic rings. The van der Waals surface area contributed by atoms with Crippen molar-refractivity contribution >= 4 is 15.8 Å². The van der Waals surface area contributed by atoms with E-state index in [1.165, 1.54) is 0 Å². The van der Waals surface area contributed by atoms with Crippen molar-refractivity contribution in [2.75, 3.05) is 5.75 Å². The monoisotopic (exact) mass is 254 g/mol. The molecule has 1 heterocycles. The third kappa shape index (κ3) is 2.34. The first-order chi connectivity index (χ1) is 7.90. The summed E-state index contributed by atoms with van der Waals surface area (Å²) < 4.78 is 23.4. The maximum absolute atomic E-state index is 11.7. The molecule has 0 aliphatic carbocycles. The molecule has 0 saturated carbocycles. The molecule has 0 spiro atoms. The van der Waals surface area contributed by atoms with Gasteiger partial charge < -0.3 is 5.11 Å². The number of hydrogen-bond acceptors (Lipinski definition) is 3. The average Bonchev–Trinajstić information content (AvgIpc) is 2.55. The maximum atomic E-state index is 11.7. The van der Waals surface area contributed by atoms with Crippen LogP contribution in [0.1, 0.15) is 18.1 Å². The van der Waals surface area contributed by atoms with Crippen molar-refractivity contribution in [3.05, 3.63) is 29.3 Å². The molecule has 17 heavy (non-hydrogen) atoms. The van der Waals surface area contributed by atoms with Gasteiger partial charge in [0, 0.05) is 0 Å². The lowest BCUT2D eigenvalue weighted by Crippen LogP contribution is -2.12. The second-order valence-electron chi connectivity index (χ2n) is 4.45. The molecule has 92 valence electrons. The van der Waals surface area contributed by atoms with Crippen molar-refractivity contribution in [2.24, 2.45) is 5.92 Å². The average molecular weight is 254 g/mol. The van der Waals surface area contributed by atoms with Crippen LogP contribution in [0.4, 0.5) is 0 Å². The molecule has 1 N–H and O–H groups in total. The summed E-state index contributed by atoms with van der Waals surface area (Å²) in [4.78, 5) is 11.1. The van der Waals surface area contributed by atoms with E-state index in [0.29, 0.717) is 17.7 Å². The lowest BCUT2D eigenvalue weighted by Gasteiger charge is -2.07. The number of benzene rings is 1. The van der Waals surface area contributed by atoms with E-state index in [1.807, 2.05) is 6.07 Å².